The monoisotopic (exact) mass is 427 g/mol. The molecule has 0 atom stereocenters. The Morgan fingerprint density at radius 2 is 1.72 bits per heavy atom. The Balaban J connectivity index is 1.41. The molecule has 0 aliphatic heterocycles. The molecule has 4 aromatic rings. The number of hydrogen-bond donors (Lipinski definition) is 2. The molecule has 3 aromatic carbocycles. The summed E-state index contributed by atoms with van der Waals surface area (Å²) in [6, 6.07) is 24.5. The van der Waals surface area contributed by atoms with Crippen molar-refractivity contribution in [3.05, 3.63) is 100 Å². The van der Waals surface area contributed by atoms with Crippen molar-refractivity contribution in [2.75, 3.05) is 12.5 Å². The van der Waals surface area contributed by atoms with Crippen molar-refractivity contribution in [3.63, 3.8) is 0 Å². The molecule has 160 valence electrons. The molecule has 8 heteroatoms. The lowest BCUT2D eigenvalue weighted by Gasteiger charge is -2.11. The molecule has 32 heavy (non-hydrogen) atoms. The van der Waals surface area contributed by atoms with Crippen LogP contribution in [0.5, 0.6) is 11.5 Å². The molecular formula is C24H21N5O3. The Labute approximate surface area is 184 Å². The van der Waals surface area contributed by atoms with Crippen molar-refractivity contribution in [1.82, 2.24) is 15.2 Å². The molecule has 0 fully saturated rings. The van der Waals surface area contributed by atoms with Gasteiger partial charge in [0, 0.05) is 5.56 Å². The van der Waals surface area contributed by atoms with Crippen molar-refractivity contribution in [3.8, 4) is 22.8 Å². The van der Waals surface area contributed by atoms with Gasteiger partial charge in [-0.1, -0.05) is 60.7 Å². The molecule has 0 bridgehead atoms. The second-order valence-electron chi connectivity index (χ2n) is 6.77. The molecule has 0 amide bonds. The predicted octanol–water partition coefficient (Wildman–Crippen LogP) is 3.87. The second-order valence-corrected chi connectivity index (χ2v) is 6.77. The quantitative estimate of drug-likeness (QED) is 0.327. The van der Waals surface area contributed by atoms with E-state index < -0.39 is 0 Å². The molecule has 8 nitrogen and oxygen atoms in total. The average Bonchev–Trinajstić information content (AvgIpc) is 2.84. The first-order valence-electron chi connectivity index (χ1n) is 9.89. The van der Waals surface area contributed by atoms with Gasteiger partial charge in [0.05, 0.1) is 13.3 Å². The zero-order valence-electron chi connectivity index (χ0n) is 17.4. The third kappa shape index (κ3) is 5.17. The van der Waals surface area contributed by atoms with E-state index in [1.54, 1.807) is 31.5 Å². The maximum absolute atomic E-state index is 12.3. The fraction of sp³-hybridized carbons (Fsp3) is 0.0833. The van der Waals surface area contributed by atoms with Gasteiger partial charge < -0.3 is 9.47 Å². The number of anilines is 1. The summed E-state index contributed by atoms with van der Waals surface area (Å²) in [5, 5.41) is 12.1. The fourth-order valence-corrected chi connectivity index (χ4v) is 2.96. The molecule has 0 radical (unpaired) electrons. The summed E-state index contributed by atoms with van der Waals surface area (Å²) in [5.74, 6) is 1.36. The van der Waals surface area contributed by atoms with Gasteiger partial charge in [-0.15, -0.1) is 10.2 Å². The van der Waals surface area contributed by atoms with Gasteiger partial charge in [0.25, 0.3) is 5.56 Å². The Hall–Kier alpha value is -4.46. The van der Waals surface area contributed by atoms with E-state index in [9.17, 15) is 4.79 Å². The van der Waals surface area contributed by atoms with Crippen molar-refractivity contribution >= 4 is 12.2 Å². The molecule has 0 aliphatic carbocycles. The van der Waals surface area contributed by atoms with E-state index in [0.29, 0.717) is 23.7 Å². The van der Waals surface area contributed by atoms with Crippen LogP contribution in [0.2, 0.25) is 0 Å². The van der Waals surface area contributed by atoms with Gasteiger partial charge in [0.1, 0.15) is 6.61 Å². The molecule has 0 aliphatic rings. The van der Waals surface area contributed by atoms with Crippen LogP contribution in [0, 0.1) is 0 Å². The van der Waals surface area contributed by atoms with E-state index in [4.69, 9.17) is 9.47 Å². The molecule has 0 saturated carbocycles. The number of rotatable bonds is 8. The first-order valence-corrected chi connectivity index (χ1v) is 9.89. The van der Waals surface area contributed by atoms with Crippen LogP contribution in [-0.2, 0) is 6.61 Å². The minimum absolute atomic E-state index is 0.140. The minimum atomic E-state index is -0.356. The van der Waals surface area contributed by atoms with Crippen molar-refractivity contribution in [2.24, 2.45) is 5.10 Å². The maximum atomic E-state index is 12.3. The van der Waals surface area contributed by atoms with Gasteiger partial charge >= 0.3 is 0 Å². The van der Waals surface area contributed by atoms with Crippen LogP contribution < -0.4 is 20.5 Å². The largest absolute Gasteiger partial charge is 0.493 e. The van der Waals surface area contributed by atoms with Crippen LogP contribution in [0.4, 0.5) is 5.95 Å². The summed E-state index contributed by atoms with van der Waals surface area (Å²) in [6.07, 6.45) is 1.58. The summed E-state index contributed by atoms with van der Waals surface area (Å²) < 4.78 is 11.3. The van der Waals surface area contributed by atoms with E-state index in [0.717, 1.165) is 11.1 Å². The standard InChI is InChI=1S/C24H21N5O3/c1-31-21-14-18(12-13-20(21)32-16-17-8-4-2-5-9-17)15-25-28-24-26-23(30)22(27-29-24)19-10-6-3-7-11-19/h2-15H,16H2,1H3,(H2,26,28,29,30)/b25-15+. The van der Waals surface area contributed by atoms with E-state index in [-0.39, 0.29) is 17.2 Å². The van der Waals surface area contributed by atoms with Gasteiger partial charge in [0.2, 0.25) is 5.95 Å². The van der Waals surface area contributed by atoms with Crippen molar-refractivity contribution in [1.29, 1.82) is 0 Å². The highest BCUT2D eigenvalue weighted by Gasteiger charge is 2.07. The molecule has 4 rings (SSSR count). The SMILES string of the molecule is COc1cc(/C=N/Nc2nnc(-c3ccccc3)c(=O)[nH]2)ccc1OCc1ccccc1. The van der Waals surface area contributed by atoms with Crippen LogP contribution in [0.15, 0.2) is 88.8 Å². The van der Waals surface area contributed by atoms with E-state index >= 15 is 0 Å². The lowest BCUT2D eigenvalue weighted by atomic mass is 10.2. The average molecular weight is 427 g/mol. The molecule has 1 heterocycles. The highest BCUT2D eigenvalue weighted by Crippen LogP contribution is 2.28. The van der Waals surface area contributed by atoms with Crippen LogP contribution in [-0.4, -0.2) is 28.5 Å². The minimum Gasteiger partial charge on any atom is -0.493 e. The number of benzene rings is 3. The van der Waals surface area contributed by atoms with Crippen LogP contribution >= 0.6 is 0 Å². The third-order valence-corrected chi connectivity index (χ3v) is 4.55. The number of nitrogens with one attached hydrogen (secondary N) is 2. The number of methoxy groups -OCH3 is 1. The molecule has 0 saturated heterocycles. The summed E-state index contributed by atoms with van der Waals surface area (Å²) in [6.45, 7) is 0.442. The zero-order valence-corrected chi connectivity index (χ0v) is 17.4. The van der Waals surface area contributed by atoms with Crippen LogP contribution in [0.3, 0.4) is 0 Å². The number of H-pyrrole nitrogens is 1. The van der Waals surface area contributed by atoms with Crippen LogP contribution in [0.25, 0.3) is 11.3 Å². The summed E-state index contributed by atoms with van der Waals surface area (Å²) in [4.78, 5) is 14.9. The maximum Gasteiger partial charge on any atom is 0.279 e. The smallest absolute Gasteiger partial charge is 0.279 e. The number of aromatic nitrogens is 3. The Morgan fingerprint density at radius 1 is 0.969 bits per heavy atom. The predicted molar refractivity (Wildman–Crippen MR) is 123 cm³/mol. The van der Waals surface area contributed by atoms with Crippen molar-refractivity contribution in [2.45, 2.75) is 6.61 Å². The third-order valence-electron chi connectivity index (χ3n) is 4.55. The lowest BCUT2D eigenvalue weighted by molar-refractivity contribution is 0.284. The van der Waals surface area contributed by atoms with E-state index in [1.807, 2.05) is 60.7 Å². The van der Waals surface area contributed by atoms with Gasteiger partial charge in [-0.2, -0.15) is 5.10 Å². The molecule has 0 unspecified atom stereocenters. The Kier molecular flexibility index (Phi) is 6.52. The topological polar surface area (TPSA) is 101 Å². The number of hydrogen-bond acceptors (Lipinski definition) is 7. The van der Waals surface area contributed by atoms with Gasteiger partial charge in [-0.3, -0.25) is 9.78 Å². The zero-order chi connectivity index (χ0) is 22.2. The van der Waals surface area contributed by atoms with Gasteiger partial charge in [0.15, 0.2) is 17.2 Å². The lowest BCUT2D eigenvalue weighted by Crippen LogP contribution is -2.15. The molecular weight excluding hydrogens is 406 g/mol. The molecule has 2 N–H and O–H groups in total. The second kappa shape index (κ2) is 10.0. The van der Waals surface area contributed by atoms with Gasteiger partial charge in [-0.25, -0.2) is 5.43 Å². The summed E-state index contributed by atoms with van der Waals surface area (Å²) in [5.41, 5.74) is 5.11. The first kappa shape index (κ1) is 20.8. The Morgan fingerprint density at radius 3 is 2.44 bits per heavy atom. The van der Waals surface area contributed by atoms with E-state index in [1.165, 1.54) is 0 Å². The van der Waals surface area contributed by atoms with Gasteiger partial charge in [-0.05, 0) is 29.3 Å². The highest BCUT2D eigenvalue weighted by molar-refractivity contribution is 5.81. The molecule has 1 aromatic heterocycles. The first-order chi connectivity index (χ1) is 15.7. The summed E-state index contributed by atoms with van der Waals surface area (Å²) in [7, 11) is 1.58. The number of ether oxygens (including phenoxy) is 2. The molecule has 0 spiro atoms. The fourth-order valence-electron chi connectivity index (χ4n) is 2.96. The highest BCUT2D eigenvalue weighted by atomic mass is 16.5. The number of nitrogens with zero attached hydrogens (tertiary/aromatic N) is 3. The number of aromatic amines is 1. The van der Waals surface area contributed by atoms with Crippen molar-refractivity contribution < 1.29 is 9.47 Å². The number of hydrazone groups is 1. The summed E-state index contributed by atoms with van der Waals surface area (Å²) >= 11 is 0. The normalized spacial score (nSPS) is 10.8. The van der Waals surface area contributed by atoms with Crippen LogP contribution in [0.1, 0.15) is 11.1 Å². The van der Waals surface area contributed by atoms with E-state index in [2.05, 4.69) is 25.7 Å². The Bertz CT molecular complexity index is 1260.